The van der Waals surface area contributed by atoms with E-state index in [0.29, 0.717) is 18.7 Å². The molecule has 136 valence electrons. The van der Waals surface area contributed by atoms with Gasteiger partial charge in [0.1, 0.15) is 0 Å². The van der Waals surface area contributed by atoms with Gasteiger partial charge in [0, 0.05) is 36.2 Å². The van der Waals surface area contributed by atoms with Crippen molar-refractivity contribution in [3.8, 4) is 0 Å². The third kappa shape index (κ3) is 5.00. The number of carbonyl (C=O) groups is 1. The van der Waals surface area contributed by atoms with Crippen molar-refractivity contribution in [2.75, 3.05) is 13.2 Å². The van der Waals surface area contributed by atoms with Gasteiger partial charge in [0.2, 0.25) is 5.91 Å². The number of non-ortho nitro benzene ring substituents is 1. The molecule has 1 aromatic heterocycles. The minimum atomic E-state index is -0.445. The number of benzene rings is 1. The summed E-state index contributed by atoms with van der Waals surface area (Å²) in [5, 5.41) is 12.9. The Morgan fingerprint density at radius 3 is 2.96 bits per heavy atom. The zero-order valence-corrected chi connectivity index (χ0v) is 15.1. The first-order valence-corrected chi connectivity index (χ1v) is 9.35. The van der Waals surface area contributed by atoms with E-state index in [0.717, 1.165) is 24.3 Å². The number of hydrogen-bond donors (Lipinski definition) is 0. The molecule has 0 aliphatic carbocycles. The number of thiophene rings is 1. The van der Waals surface area contributed by atoms with E-state index >= 15 is 0 Å². The first-order valence-electron chi connectivity index (χ1n) is 8.47. The maximum atomic E-state index is 12.7. The van der Waals surface area contributed by atoms with Gasteiger partial charge in [0.05, 0.1) is 17.6 Å². The summed E-state index contributed by atoms with van der Waals surface area (Å²) in [6, 6.07) is 10.2. The summed E-state index contributed by atoms with van der Waals surface area (Å²) in [7, 11) is 0. The van der Waals surface area contributed by atoms with Crippen LogP contribution in [0.4, 0.5) is 5.69 Å². The normalized spacial score (nSPS) is 16.8. The van der Waals surface area contributed by atoms with Crippen molar-refractivity contribution in [1.82, 2.24) is 4.90 Å². The van der Waals surface area contributed by atoms with Crippen LogP contribution in [-0.4, -0.2) is 35.0 Å². The fourth-order valence-corrected chi connectivity index (χ4v) is 3.59. The molecular weight excluding hydrogens is 352 g/mol. The first-order chi connectivity index (χ1) is 12.6. The van der Waals surface area contributed by atoms with Crippen LogP contribution < -0.4 is 0 Å². The molecule has 0 N–H and O–H groups in total. The average molecular weight is 372 g/mol. The Balaban J connectivity index is 1.71. The number of ether oxygens (including phenoxy) is 1. The third-order valence-electron chi connectivity index (χ3n) is 4.19. The lowest BCUT2D eigenvalue weighted by molar-refractivity contribution is -0.384. The van der Waals surface area contributed by atoms with Crippen molar-refractivity contribution in [3.05, 3.63) is 68.4 Å². The molecule has 2 heterocycles. The van der Waals surface area contributed by atoms with Crippen LogP contribution in [0.15, 0.2) is 47.9 Å². The van der Waals surface area contributed by atoms with E-state index in [2.05, 4.69) is 0 Å². The van der Waals surface area contributed by atoms with Gasteiger partial charge in [-0.15, -0.1) is 11.3 Å². The van der Waals surface area contributed by atoms with Crippen molar-refractivity contribution in [3.63, 3.8) is 0 Å². The molecule has 0 bridgehead atoms. The molecule has 0 saturated carbocycles. The van der Waals surface area contributed by atoms with Gasteiger partial charge in [0.25, 0.3) is 5.69 Å². The third-order valence-corrected chi connectivity index (χ3v) is 5.05. The molecule has 26 heavy (non-hydrogen) atoms. The Bertz CT molecular complexity index is 783. The highest BCUT2D eigenvalue weighted by Gasteiger charge is 2.22. The van der Waals surface area contributed by atoms with Crippen LogP contribution in [0.1, 0.15) is 23.3 Å². The topological polar surface area (TPSA) is 72.7 Å². The van der Waals surface area contributed by atoms with Crippen LogP contribution in [0.5, 0.6) is 0 Å². The molecule has 2 aromatic rings. The van der Waals surface area contributed by atoms with Gasteiger partial charge < -0.3 is 9.64 Å². The number of hydrogen-bond acceptors (Lipinski definition) is 5. The molecule has 1 amide bonds. The largest absolute Gasteiger partial charge is 0.376 e. The Morgan fingerprint density at radius 1 is 1.38 bits per heavy atom. The zero-order chi connectivity index (χ0) is 18.4. The molecule has 6 nitrogen and oxygen atoms in total. The Kier molecular flexibility index (Phi) is 6.14. The number of rotatable bonds is 7. The van der Waals surface area contributed by atoms with E-state index < -0.39 is 4.92 Å². The van der Waals surface area contributed by atoms with E-state index in [4.69, 9.17) is 4.74 Å². The first kappa shape index (κ1) is 18.3. The predicted molar refractivity (Wildman–Crippen MR) is 101 cm³/mol. The lowest BCUT2D eigenvalue weighted by Crippen LogP contribution is -2.35. The van der Waals surface area contributed by atoms with Gasteiger partial charge in [-0.2, -0.15) is 0 Å². The number of carbonyl (C=O) groups excluding carboxylic acids is 1. The van der Waals surface area contributed by atoms with E-state index in [1.807, 2.05) is 17.5 Å². The van der Waals surface area contributed by atoms with E-state index in [9.17, 15) is 14.9 Å². The minimum Gasteiger partial charge on any atom is -0.376 e. The minimum absolute atomic E-state index is 0.00870. The summed E-state index contributed by atoms with van der Waals surface area (Å²) in [5.41, 5.74) is 0.634. The van der Waals surface area contributed by atoms with Crippen molar-refractivity contribution in [1.29, 1.82) is 0 Å². The highest BCUT2D eigenvalue weighted by atomic mass is 32.1. The molecule has 0 radical (unpaired) electrons. The lowest BCUT2D eigenvalue weighted by atomic mass is 10.2. The van der Waals surface area contributed by atoms with Gasteiger partial charge >= 0.3 is 0 Å². The molecular formula is C19H20N2O4S. The summed E-state index contributed by atoms with van der Waals surface area (Å²) in [4.78, 5) is 26.0. The molecule has 1 atom stereocenters. The van der Waals surface area contributed by atoms with Gasteiger partial charge in [-0.25, -0.2) is 0 Å². The summed E-state index contributed by atoms with van der Waals surface area (Å²) in [6.45, 7) is 1.83. The van der Waals surface area contributed by atoms with Crippen molar-refractivity contribution in [2.24, 2.45) is 0 Å². The molecule has 1 aliphatic heterocycles. The van der Waals surface area contributed by atoms with Crippen molar-refractivity contribution < 1.29 is 14.5 Å². The lowest BCUT2D eigenvalue weighted by Gasteiger charge is -2.23. The van der Waals surface area contributed by atoms with E-state index in [1.165, 1.54) is 18.2 Å². The van der Waals surface area contributed by atoms with Gasteiger partial charge in [-0.1, -0.05) is 18.2 Å². The van der Waals surface area contributed by atoms with Crippen LogP contribution in [0.2, 0.25) is 0 Å². The highest BCUT2D eigenvalue weighted by molar-refractivity contribution is 7.09. The highest BCUT2D eigenvalue weighted by Crippen LogP contribution is 2.18. The zero-order valence-electron chi connectivity index (χ0n) is 14.2. The molecule has 3 rings (SSSR count). The molecule has 1 aliphatic rings. The summed E-state index contributed by atoms with van der Waals surface area (Å²) < 4.78 is 5.67. The van der Waals surface area contributed by atoms with Crippen LogP contribution in [0.3, 0.4) is 0 Å². The number of nitro groups is 1. The Morgan fingerprint density at radius 2 is 2.27 bits per heavy atom. The standard InChI is InChI=1S/C19H20N2O4S/c22-19(9-8-15-4-1-5-16(12-15)21(23)24)20(13-17-6-2-10-25-17)14-18-7-3-11-26-18/h1,3-5,7-9,11-12,17H,2,6,10,13-14H2/b9-8+. The number of nitro benzene ring substituents is 1. The molecule has 1 fully saturated rings. The average Bonchev–Trinajstić information content (AvgIpc) is 3.33. The number of amides is 1. The second kappa shape index (κ2) is 8.73. The van der Waals surface area contributed by atoms with Crippen molar-refractivity contribution >= 4 is 29.0 Å². The maximum Gasteiger partial charge on any atom is 0.270 e. The fraction of sp³-hybridized carbons (Fsp3) is 0.316. The second-order valence-electron chi connectivity index (χ2n) is 6.12. The smallest absolute Gasteiger partial charge is 0.270 e. The summed E-state index contributed by atoms with van der Waals surface area (Å²) >= 11 is 1.61. The van der Waals surface area contributed by atoms with Crippen LogP contribution >= 0.6 is 11.3 Å². The predicted octanol–water partition coefficient (Wildman–Crippen LogP) is 3.88. The molecule has 1 saturated heterocycles. The van der Waals surface area contributed by atoms with Crippen molar-refractivity contribution in [2.45, 2.75) is 25.5 Å². The summed E-state index contributed by atoms with van der Waals surface area (Å²) in [5.74, 6) is -0.125. The van der Waals surface area contributed by atoms with Crippen LogP contribution in [0, 0.1) is 10.1 Å². The van der Waals surface area contributed by atoms with E-state index in [-0.39, 0.29) is 17.7 Å². The maximum absolute atomic E-state index is 12.7. The molecule has 7 heteroatoms. The SMILES string of the molecule is O=C(/C=C/c1cccc([N+](=O)[O-])c1)N(Cc1cccs1)CC1CCCO1. The van der Waals surface area contributed by atoms with Gasteiger partial charge in [-0.05, 0) is 35.9 Å². The van der Waals surface area contributed by atoms with Gasteiger partial charge in [-0.3, -0.25) is 14.9 Å². The van der Waals surface area contributed by atoms with Crippen LogP contribution in [0.25, 0.3) is 6.08 Å². The van der Waals surface area contributed by atoms with Crippen LogP contribution in [-0.2, 0) is 16.1 Å². The summed E-state index contributed by atoms with van der Waals surface area (Å²) in [6.07, 6.45) is 5.15. The van der Waals surface area contributed by atoms with Gasteiger partial charge in [0.15, 0.2) is 0 Å². The monoisotopic (exact) mass is 372 g/mol. The Labute approximate surface area is 155 Å². The Hall–Kier alpha value is -2.51. The van der Waals surface area contributed by atoms with E-state index in [1.54, 1.807) is 34.4 Å². The molecule has 0 spiro atoms. The molecule has 1 aromatic carbocycles. The fourth-order valence-electron chi connectivity index (χ4n) is 2.87. The second-order valence-corrected chi connectivity index (χ2v) is 7.15. The quantitative estimate of drug-likeness (QED) is 0.420. The molecule has 1 unspecified atom stereocenters. The number of nitrogens with zero attached hydrogens (tertiary/aromatic N) is 2.